The van der Waals surface area contributed by atoms with Gasteiger partial charge in [0.25, 0.3) is 11.8 Å². The number of likely N-dealkylation sites (N-methyl/N-ethyl adjacent to an activating group) is 1. The molecule has 2 aliphatic rings. The number of nitrogens with one attached hydrogen (secondary N) is 3. The largest absolute Gasteiger partial charge is 0.497 e. The minimum absolute atomic E-state index is 0.100. The monoisotopic (exact) mass is 462 g/mol. The summed E-state index contributed by atoms with van der Waals surface area (Å²) in [7, 11) is 5.48. The molecule has 0 radical (unpaired) electrons. The van der Waals surface area contributed by atoms with Crippen LogP contribution in [0.3, 0.4) is 0 Å². The van der Waals surface area contributed by atoms with Crippen molar-refractivity contribution in [2.24, 2.45) is 0 Å². The number of ether oxygens (including phenoxy) is 1. The predicted molar refractivity (Wildman–Crippen MR) is 125 cm³/mol. The summed E-state index contributed by atoms with van der Waals surface area (Å²) >= 11 is 0. The maximum atomic E-state index is 13.0. The van der Waals surface area contributed by atoms with Gasteiger partial charge in [-0.2, -0.15) is 0 Å². The van der Waals surface area contributed by atoms with Crippen molar-refractivity contribution in [3.05, 3.63) is 53.2 Å². The first-order valence-electron chi connectivity index (χ1n) is 10.8. The molecule has 0 saturated carbocycles. The molecule has 1 aromatic heterocycles. The van der Waals surface area contributed by atoms with Gasteiger partial charge >= 0.3 is 6.03 Å². The normalized spacial score (nSPS) is 18.8. The number of nitrogens with zero attached hydrogens (tertiary/aromatic N) is 3. The van der Waals surface area contributed by atoms with Crippen molar-refractivity contribution in [2.75, 3.05) is 46.2 Å². The third-order valence-corrected chi connectivity index (χ3v) is 5.64. The lowest BCUT2D eigenvalue weighted by atomic mass is 9.99. The minimum atomic E-state index is -1.59. The highest BCUT2D eigenvalue weighted by atomic mass is 16.5. The summed E-state index contributed by atoms with van der Waals surface area (Å²) in [5, 5.41) is 8.11. The Bertz CT molecular complexity index is 1200. The van der Waals surface area contributed by atoms with E-state index in [0.717, 1.165) is 12.1 Å². The van der Waals surface area contributed by atoms with Crippen LogP contribution in [0.15, 0.2) is 36.5 Å². The fourth-order valence-electron chi connectivity index (χ4n) is 3.83. The molecule has 2 aromatic rings. The standard InChI is InChI=1S/C24H26N6O4/c1-29(2)12-11-26-20-16(5-4-10-25-20)8-9-24(22(32)27-23(33)28-24)15-30-14-17-6-7-18(34-3)13-19(17)21(30)31/h4-7,10,13H,11-12,14-15H2,1-3H3,(H,25,26)(H2,27,28,32,33)/t24-/m1/s1. The van der Waals surface area contributed by atoms with E-state index >= 15 is 0 Å². The van der Waals surface area contributed by atoms with E-state index in [2.05, 4.69) is 32.8 Å². The molecule has 0 spiro atoms. The van der Waals surface area contributed by atoms with Gasteiger partial charge in [-0.1, -0.05) is 17.9 Å². The molecule has 4 rings (SSSR count). The predicted octanol–water partition coefficient (Wildman–Crippen LogP) is 0.649. The van der Waals surface area contributed by atoms with Gasteiger partial charge in [0, 0.05) is 31.4 Å². The van der Waals surface area contributed by atoms with Gasteiger partial charge in [-0.15, -0.1) is 0 Å². The first-order valence-corrected chi connectivity index (χ1v) is 10.8. The van der Waals surface area contributed by atoms with E-state index in [9.17, 15) is 14.4 Å². The zero-order valence-corrected chi connectivity index (χ0v) is 19.3. The van der Waals surface area contributed by atoms with Crippen LogP contribution in [-0.4, -0.2) is 79.0 Å². The van der Waals surface area contributed by atoms with E-state index in [0.29, 0.717) is 35.8 Å². The van der Waals surface area contributed by atoms with Crippen LogP contribution in [0.25, 0.3) is 0 Å². The van der Waals surface area contributed by atoms with E-state index in [1.807, 2.05) is 25.1 Å². The van der Waals surface area contributed by atoms with Crippen LogP contribution in [0, 0.1) is 11.8 Å². The number of rotatable bonds is 7. The number of methoxy groups -OCH3 is 1. The molecule has 2 aliphatic heterocycles. The number of benzene rings is 1. The smallest absolute Gasteiger partial charge is 0.323 e. The molecule has 10 nitrogen and oxygen atoms in total. The van der Waals surface area contributed by atoms with Crippen molar-refractivity contribution in [1.82, 2.24) is 25.4 Å². The molecular formula is C24H26N6O4. The Balaban J connectivity index is 1.60. The second-order valence-electron chi connectivity index (χ2n) is 8.38. The highest BCUT2D eigenvalue weighted by molar-refractivity contribution is 6.10. The van der Waals surface area contributed by atoms with Crippen LogP contribution < -0.4 is 20.7 Å². The highest BCUT2D eigenvalue weighted by Crippen LogP contribution is 2.28. The summed E-state index contributed by atoms with van der Waals surface area (Å²) in [4.78, 5) is 45.8. The first kappa shape index (κ1) is 23.1. The fraction of sp³-hybridized carbons (Fsp3) is 0.333. The van der Waals surface area contributed by atoms with Crippen molar-refractivity contribution < 1.29 is 19.1 Å². The Hall–Kier alpha value is -4.10. The SMILES string of the molecule is COc1ccc2c(c1)C(=O)N(C[C@@]1(C#Cc3cccnc3NCCN(C)C)NC(=O)NC1=O)C2. The van der Waals surface area contributed by atoms with Crippen molar-refractivity contribution in [3.8, 4) is 17.6 Å². The van der Waals surface area contributed by atoms with Gasteiger partial charge in [-0.05, 0) is 43.9 Å². The molecule has 4 amide bonds. The fourth-order valence-corrected chi connectivity index (χ4v) is 3.83. The van der Waals surface area contributed by atoms with Crippen molar-refractivity contribution in [2.45, 2.75) is 12.1 Å². The Labute approximate surface area is 197 Å². The molecule has 1 atom stereocenters. The zero-order valence-electron chi connectivity index (χ0n) is 19.3. The number of amides is 4. The van der Waals surface area contributed by atoms with Crippen LogP contribution in [0.4, 0.5) is 10.6 Å². The summed E-state index contributed by atoms with van der Waals surface area (Å²) < 4.78 is 5.22. The maximum Gasteiger partial charge on any atom is 0.323 e. The molecule has 1 fully saturated rings. The van der Waals surface area contributed by atoms with Gasteiger partial charge in [0.05, 0.1) is 19.2 Å². The molecule has 176 valence electrons. The number of hydrogen-bond acceptors (Lipinski definition) is 7. The molecule has 3 heterocycles. The molecule has 0 aliphatic carbocycles. The molecule has 1 saturated heterocycles. The van der Waals surface area contributed by atoms with Gasteiger partial charge in [-0.3, -0.25) is 14.9 Å². The Morgan fingerprint density at radius 3 is 2.79 bits per heavy atom. The highest BCUT2D eigenvalue weighted by Gasteiger charge is 2.48. The molecular weight excluding hydrogens is 436 g/mol. The molecule has 34 heavy (non-hydrogen) atoms. The third-order valence-electron chi connectivity index (χ3n) is 5.64. The number of carbonyl (C=O) groups is 3. The Morgan fingerprint density at radius 2 is 2.09 bits per heavy atom. The Morgan fingerprint density at radius 1 is 1.26 bits per heavy atom. The van der Waals surface area contributed by atoms with Crippen LogP contribution in [0.1, 0.15) is 21.5 Å². The van der Waals surface area contributed by atoms with Crippen LogP contribution in [0.2, 0.25) is 0 Å². The van der Waals surface area contributed by atoms with Crippen LogP contribution in [-0.2, 0) is 11.3 Å². The van der Waals surface area contributed by atoms with E-state index in [4.69, 9.17) is 4.74 Å². The van der Waals surface area contributed by atoms with E-state index < -0.39 is 17.5 Å². The molecule has 10 heteroatoms. The number of fused-ring (bicyclic) bond motifs is 1. The number of aromatic nitrogens is 1. The Kier molecular flexibility index (Phi) is 6.38. The average Bonchev–Trinajstić information content (AvgIpc) is 3.27. The average molecular weight is 463 g/mol. The summed E-state index contributed by atoms with van der Waals surface area (Å²) in [6.07, 6.45) is 1.65. The van der Waals surface area contributed by atoms with Crippen molar-refractivity contribution in [1.29, 1.82) is 0 Å². The lowest BCUT2D eigenvalue weighted by Gasteiger charge is -2.26. The lowest BCUT2D eigenvalue weighted by Crippen LogP contribution is -2.54. The van der Waals surface area contributed by atoms with E-state index in [-0.39, 0.29) is 12.5 Å². The van der Waals surface area contributed by atoms with Crippen LogP contribution >= 0.6 is 0 Å². The second-order valence-corrected chi connectivity index (χ2v) is 8.38. The summed E-state index contributed by atoms with van der Waals surface area (Å²) in [5.41, 5.74) is 0.316. The van der Waals surface area contributed by atoms with E-state index in [1.165, 1.54) is 12.0 Å². The number of urea groups is 1. The number of anilines is 1. The lowest BCUT2D eigenvalue weighted by molar-refractivity contribution is -0.122. The van der Waals surface area contributed by atoms with Gasteiger partial charge in [0.15, 0.2) is 0 Å². The minimum Gasteiger partial charge on any atom is -0.497 e. The number of imide groups is 1. The molecule has 3 N–H and O–H groups in total. The maximum absolute atomic E-state index is 13.0. The number of carbonyl (C=O) groups excluding carboxylic acids is 3. The zero-order chi connectivity index (χ0) is 24.3. The second kappa shape index (κ2) is 9.41. The molecule has 0 bridgehead atoms. The first-order chi connectivity index (χ1) is 16.3. The van der Waals surface area contributed by atoms with Crippen molar-refractivity contribution in [3.63, 3.8) is 0 Å². The van der Waals surface area contributed by atoms with Crippen LogP contribution in [0.5, 0.6) is 5.75 Å². The van der Waals surface area contributed by atoms with Gasteiger partial charge < -0.3 is 25.2 Å². The quantitative estimate of drug-likeness (QED) is 0.409. The van der Waals surface area contributed by atoms with E-state index in [1.54, 1.807) is 30.5 Å². The number of hydrogen-bond donors (Lipinski definition) is 3. The van der Waals surface area contributed by atoms with Gasteiger partial charge in [0.1, 0.15) is 11.6 Å². The summed E-state index contributed by atoms with van der Waals surface area (Å²) in [6, 6.07) is 8.14. The van der Waals surface area contributed by atoms with Gasteiger partial charge in [0.2, 0.25) is 5.54 Å². The topological polar surface area (TPSA) is 116 Å². The molecule has 0 unspecified atom stereocenters. The number of pyridine rings is 1. The van der Waals surface area contributed by atoms with Gasteiger partial charge in [-0.25, -0.2) is 9.78 Å². The third kappa shape index (κ3) is 4.65. The summed E-state index contributed by atoms with van der Waals surface area (Å²) in [5.74, 6) is 6.21. The molecule has 1 aromatic carbocycles. The summed E-state index contributed by atoms with van der Waals surface area (Å²) in [6.45, 7) is 1.66. The van der Waals surface area contributed by atoms with Crippen molar-refractivity contribution >= 4 is 23.7 Å².